The lowest BCUT2D eigenvalue weighted by atomic mass is 10.1. The third-order valence-corrected chi connectivity index (χ3v) is 6.23. The highest BCUT2D eigenvalue weighted by Gasteiger charge is 2.14. The summed E-state index contributed by atoms with van der Waals surface area (Å²) < 4.78 is 5.95. The minimum atomic E-state index is -0.397. The van der Waals surface area contributed by atoms with Crippen LogP contribution in [0.5, 0.6) is 11.5 Å². The van der Waals surface area contributed by atoms with Crippen molar-refractivity contribution in [3.05, 3.63) is 99.1 Å². The minimum absolute atomic E-state index is 0.0622. The molecule has 0 bridgehead atoms. The Bertz CT molecular complexity index is 1530. The first-order valence-electron chi connectivity index (χ1n) is 10.8. The second-order valence-corrected chi connectivity index (χ2v) is 8.99. The second-order valence-electron chi connectivity index (χ2n) is 7.93. The second kappa shape index (κ2) is 9.43. The first-order valence-corrected chi connectivity index (χ1v) is 11.6. The van der Waals surface area contributed by atoms with Crippen LogP contribution in [0.1, 0.15) is 21.8 Å². The predicted octanol–water partition coefficient (Wildman–Crippen LogP) is 6.13. The zero-order valence-corrected chi connectivity index (χ0v) is 19.7. The monoisotopic (exact) mass is 484 g/mol. The molecule has 0 spiro atoms. The number of thiazole rings is 1. The van der Waals surface area contributed by atoms with E-state index in [4.69, 9.17) is 9.72 Å². The van der Waals surface area contributed by atoms with Gasteiger partial charge in [-0.3, -0.25) is 15.1 Å². The quantitative estimate of drug-likeness (QED) is 0.216. The molecule has 0 fully saturated rings. The summed E-state index contributed by atoms with van der Waals surface area (Å²) in [6.07, 6.45) is 3.67. The number of hydrogen-bond acceptors (Lipinski definition) is 9. The van der Waals surface area contributed by atoms with E-state index >= 15 is 0 Å². The first-order chi connectivity index (χ1) is 16.9. The number of nitrogens with one attached hydrogen (secondary N) is 1. The molecule has 2 aromatic carbocycles. The fourth-order valence-corrected chi connectivity index (χ4v) is 4.48. The molecule has 3 aromatic heterocycles. The number of benzene rings is 2. The van der Waals surface area contributed by atoms with E-state index in [-0.39, 0.29) is 5.69 Å². The van der Waals surface area contributed by atoms with Crippen molar-refractivity contribution in [3.8, 4) is 11.5 Å². The van der Waals surface area contributed by atoms with Crippen LogP contribution in [0.3, 0.4) is 0 Å². The zero-order chi connectivity index (χ0) is 24.4. The van der Waals surface area contributed by atoms with E-state index in [9.17, 15) is 10.1 Å². The lowest BCUT2D eigenvalue weighted by Gasteiger charge is -2.11. The van der Waals surface area contributed by atoms with E-state index in [1.807, 2.05) is 50.2 Å². The molecule has 0 unspecified atom stereocenters. The van der Waals surface area contributed by atoms with Gasteiger partial charge in [0.1, 0.15) is 28.2 Å². The van der Waals surface area contributed by atoms with Gasteiger partial charge in [-0.05, 0) is 55.3 Å². The van der Waals surface area contributed by atoms with E-state index in [1.54, 1.807) is 18.3 Å². The number of nitro benzene ring substituents is 1. The number of aromatic nitrogens is 4. The Balaban J connectivity index is 1.36. The summed E-state index contributed by atoms with van der Waals surface area (Å²) in [5.74, 6) is 2.00. The maximum atomic E-state index is 11.1. The number of ether oxygens (including phenoxy) is 1. The van der Waals surface area contributed by atoms with Crippen LogP contribution in [0, 0.1) is 24.0 Å². The maximum Gasteiger partial charge on any atom is 0.269 e. The lowest BCUT2D eigenvalue weighted by Crippen LogP contribution is -1.97. The lowest BCUT2D eigenvalue weighted by molar-refractivity contribution is -0.384. The van der Waals surface area contributed by atoms with Crippen LogP contribution in [0.4, 0.5) is 17.2 Å². The summed E-state index contributed by atoms with van der Waals surface area (Å²) in [5.41, 5.74) is 4.25. The molecular formula is C25H20N6O3S. The van der Waals surface area contributed by atoms with Crippen LogP contribution < -0.4 is 10.1 Å². The summed E-state index contributed by atoms with van der Waals surface area (Å²) >= 11 is 1.44. The van der Waals surface area contributed by atoms with Gasteiger partial charge in [0.25, 0.3) is 5.69 Å². The molecule has 5 rings (SSSR count). The molecule has 174 valence electrons. The van der Waals surface area contributed by atoms with Gasteiger partial charge in [-0.1, -0.05) is 23.5 Å². The number of pyridine rings is 1. The molecule has 3 heterocycles. The van der Waals surface area contributed by atoms with Crippen molar-refractivity contribution in [2.75, 3.05) is 5.32 Å². The summed E-state index contributed by atoms with van der Waals surface area (Å²) in [6.45, 7) is 3.90. The molecule has 10 heteroatoms. The van der Waals surface area contributed by atoms with E-state index in [1.165, 1.54) is 23.7 Å². The summed E-state index contributed by atoms with van der Waals surface area (Å²) in [5, 5.41) is 15.2. The van der Waals surface area contributed by atoms with Crippen molar-refractivity contribution in [1.29, 1.82) is 0 Å². The van der Waals surface area contributed by atoms with Gasteiger partial charge < -0.3 is 10.1 Å². The molecule has 0 aliphatic rings. The van der Waals surface area contributed by atoms with E-state index in [0.717, 1.165) is 38.1 Å². The average molecular weight is 485 g/mol. The SMILES string of the molecule is Cc1ccc(Oc2ccc(Nc3ncnc4sc(Cc5cccc([N+](=O)[O-])c5)nc34)cc2C)cn1. The van der Waals surface area contributed by atoms with Crippen LogP contribution in [0.15, 0.2) is 67.1 Å². The van der Waals surface area contributed by atoms with Crippen LogP contribution in [-0.4, -0.2) is 24.9 Å². The number of nitro groups is 1. The van der Waals surface area contributed by atoms with E-state index < -0.39 is 4.92 Å². The Labute approximate surface area is 204 Å². The van der Waals surface area contributed by atoms with Crippen molar-refractivity contribution in [2.24, 2.45) is 0 Å². The Morgan fingerprint density at radius 2 is 1.94 bits per heavy atom. The van der Waals surface area contributed by atoms with Gasteiger partial charge in [0.2, 0.25) is 0 Å². The van der Waals surface area contributed by atoms with Gasteiger partial charge in [-0.2, -0.15) is 0 Å². The van der Waals surface area contributed by atoms with Gasteiger partial charge in [0.05, 0.1) is 16.1 Å². The highest BCUT2D eigenvalue weighted by Crippen LogP contribution is 2.31. The fourth-order valence-electron chi connectivity index (χ4n) is 3.54. The third-order valence-electron chi connectivity index (χ3n) is 5.27. The minimum Gasteiger partial charge on any atom is -0.455 e. The Morgan fingerprint density at radius 1 is 1.06 bits per heavy atom. The average Bonchev–Trinajstić information content (AvgIpc) is 3.26. The predicted molar refractivity (Wildman–Crippen MR) is 135 cm³/mol. The van der Waals surface area contributed by atoms with Crippen molar-refractivity contribution in [2.45, 2.75) is 20.3 Å². The molecular weight excluding hydrogens is 464 g/mol. The van der Waals surface area contributed by atoms with Crippen LogP contribution in [0.2, 0.25) is 0 Å². The number of rotatable bonds is 7. The van der Waals surface area contributed by atoms with Crippen molar-refractivity contribution < 1.29 is 9.66 Å². The van der Waals surface area contributed by atoms with Crippen LogP contribution in [0.25, 0.3) is 10.3 Å². The fraction of sp³-hybridized carbons (Fsp3) is 0.120. The van der Waals surface area contributed by atoms with Gasteiger partial charge in [-0.25, -0.2) is 15.0 Å². The molecule has 1 N–H and O–H groups in total. The van der Waals surface area contributed by atoms with Crippen LogP contribution >= 0.6 is 11.3 Å². The molecule has 9 nitrogen and oxygen atoms in total. The van der Waals surface area contributed by atoms with Gasteiger partial charge >= 0.3 is 0 Å². The molecule has 0 aliphatic carbocycles. The summed E-state index contributed by atoms with van der Waals surface area (Å²) in [7, 11) is 0. The topological polar surface area (TPSA) is 116 Å². The van der Waals surface area contributed by atoms with Gasteiger partial charge in [0.15, 0.2) is 5.82 Å². The summed E-state index contributed by atoms with van der Waals surface area (Å²) in [4.78, 5) is 29.1. The van der Waals surface area contributed by atoms with Gasteiger partial charge in [-0.15, -0.1) is 0 Å². The molecule has 0 aliphatic heterocycles. The smallest absolute Gasteiger partial charge is 0.269 e. The number of anilines is 2. The van der Waals surface area contributed by atoms with Crippen molar-refractivity contribution in [3.63, 3.8) is 0 Å². The molecule has 0 saturated heterocycles. The number of hydrogen-bond donors (Lipinski definition) is 1. The molecule has 5 aromatic rings. The normalized spacial score (nSPS) is 10.9. The Kier molecular flexibility index (Phi) is 6.02. The molecule has 0 atom stereocenters. The molecule has 0 amide bonds. The Morgan fingerprint density at radius 3 is 2.71 bits per heavy atom. The molecule has 35 heavy (non-hydrogen) atoms. The highest BCUT2D eigenvalue weighted by atomic mass is 32.1. The first kappa shape index (κ1) is 22.4. The van der Waals surface area contributed by atoms with Crippen molar-refractivity contribution in [1.82, 2.24) is 19.9 Å². The van der Waals surface area contributed by atoms with Gasteiger partial charge in [0, 0.05) is 29.9 Å². The Hall–Kier alpha value is -4.44. The molecule has 0 radical (unpaired) electrons. The number of fused-ring (bicyclic) bond motifs is 1. The maximum absolute atomic E-state index is 11.1. The number of aryl methyl sites for hydroxylation is 2. The summed E-state index contributed by atoms with van der Waals surface area (Å²) in [6, 6.07) is 16.1. The van der Waals surface area contributed by atoms with E-state index in [0.29, 0.717) is 23.5 Å². The largest absolute Gasteiger partial charge is 0.455 e. The zero-order valence-electron chi connectivity index (χ0n) is 18.9. The molecule has 0 saturated carbocycles. The standard InChI is InChI=1S/C25H20N6O3S/c1-15-10-18(7-9-21(15)34-20-8-6-16(2)26-13-20)29-24-23-25(28-14-27-24)35-22(30-23)12-17-4-3-5-19(11-17)31(32)33/h3-11,13-14H,12H2,1-2H3,(H,27,28,29). The highest BCUT2D eigenvalue weighted by molar-refractivity contribution is 7.18. The van der Waals surface area contributed by atoms with Crippen molar-refractivity contribution >= 4 is 38.9 Å². The van der Waals surface area contributed by atoms with Crippen LogP contribution in [-0.2, 0) is 6.42 Å². The number of non-ortho nitro benzene ring substituents is 1. The third kappa shape index (κ3) is 5.07. The van der Waals surface area contributed by atoms with E-state index in [2.05, 4.69) is 20.3 Å². The number of nitrogens with zero attached hydrogens (tertiary/aromatic N) is 5.